The Bertz CT molecular complexity index is 1050. The SMILES string of the molecule is Cc1cccc(C)c1NC(=O)COC(=O)Cn1cnc2ccccc2c1=O. The number of ether oxygens (including phenoxy) is 1. The standard InChI is InChI=1S/C20H19N3O4/c1-13-6-5-7-14(2)19(13)22-17(24)11-27-18(25)10-23-12-21-16-9-4-3-8-15(16)20(23)26/h3-9,12H,10-11H2,1-2H3,(H,22,24). The van der Waals surface area contributed by atoms with Gasteiger partial charge >= 0.3 is 5.97 Å². The molecule has 2 aromatic carbocycles. The van der Waals surface area contributed by atoms with Gasteiger partial charge in [0.15, 0.2) is 6.61 Å². The predicted octanol–water partition coefficient (Wildman–Crippen LogP) is 2.20. The van der Waals surface area contributed by atoms with Gasteiger partial charge in [-0.3, -0.25) is 19.0 Å². The summed E-state index contributed by atoms with van der Waals surface area (Å²) < 4.78 is 6.15. The fourth-order valence-corrected chi connectivity index (χ4v) is 2.74. The Labute approximate surface area is 155 Å². The van der Waals surface area contributed by atoms with Crippen molar-refractivity contribution in [2.24, 2.45) is 0 Å². The van der Waals surface area contributed by atoms with E-state index in [1.165, 1.54) is 6.33 Å². The van der Waals surface area contributed by atoms with E-state index in [1.807, 2.05) is 32.0 Å². The van der Waals surface area contributed by atoms with Crippen LogP contribution in [0, 0.1) is 13.8 Å². The molecule has 3 aromatic rings. The first kappa shape index (κ1) is 18.3. The molecule has 0 saturated heterocycles. The summed E-state index contributed by atoms with van der Waals surface area (Å²) in [6, 6.07) is 12.5. The first-order chi connectivity index (χ1) is 13.0. The molecule has 0 aliphatic carbocycles. The Morgan fingerprint density at radius 1 is 1.07 bits per heavy atom. The lowest BCUT2D eigenvalue weighted by Crippen LogP contribution is -2.28. The number of amides is 1. The van der Waals surface area contributed by atoms with Crippen molar-refractivity contribution < 1.29 is 14.3 Å². The number of aromatic nitrogens is 2. The minimum absolute atomic E-state index is 0.312. The molecule has 0 bridgehead atoms. The van der Waals surface area contributed by atoms with Crippen LogP contribution in [0.3, 0.4) is 0 Å². The first-order valence-corrected chi connectivity index (χ1v) is 8.41. The molecule has 0 atom stereocenters. The minimum atomic E-state index is -0.689. The normalized spacial score (nSPS) is 10.6. The number of benzene rings is 2. The number of aryl methyl sites for hydroxylation is 2. The highest BCUT2D eigenvalue weighted by Crippen LogP contribution is 2.19. The summed E-state index contributed by atoms with van der Waals surface area (Å²) in [6.45, 7) is 3.03. The van der Waals surface area contributed by atoms with Gasteiger partial charge in [-0.05, 0) is 37.1 Å². The quantitative estimate of drug-likeness (QED) is 0.700. The van der Waals surface area contributed by atoms with Gasteiger partial charge in [0.1, 0.15) is 6.54 Å². The van der Waals surface area contributed by atoms with Crippen molar-refractivity contribution in [3.63, 3.8) is 0 Å². The van der Waals surface area contributed by atoms with E-state index in [0.717, 1.165) is 15.7 Å². The first-order valence-electron chi connectivity index (χ1n) is 8.41. The van der Waals surface area contributed by atoms with Crippen molar-refractivity contribution in [2.75, 3.05) is 11.9 Å². The third-order valence-electron chi connectivity index (χ3n) is 4.14. The zero-order chi connectivity index (χ0) is 19.4. The van der Waals surface area contributed by atoms with Gasteiger partial charge in [0.25, 0.3) is 11.5 Å². The molecule has 0 spiro atoms. The van der Waals surface area contributed by atoms with Crippen molar-refractivity contribution in [3.05, 3.63) is 70.3 Å². The molecule has 1 heterocycles. The van der Waals surface area contributed by atoms with Crippen molar-refractivity contribution in [3.8, 4) is 0 Å². The van der Waals surface area contributed by atoms with Crippen molar-refractivity contribution in [1.29, 1.82) is 0 Å². The van der Waals surface area contributed by atoms with Gasteiger partial charge in [0.05, 0.1) is 17.2 Å². The average molecular weight is 365 g/mol. The molecular formula is C20H19N3O4. The Hall–Kier alpha value is -3.48. The van der Waals surface area contributed by atoms with Gasteiger partial charge in [0, 0.05) is 5.69 Å². The number of nitrogens with one attached hydrogen (secondary N) is 1. The number of rotatable bonds is 5. The molecule has 138 valence electrons. The molecule has 1 aromatic heterocycles. The van der Waals surface area contributed by atoms with Crippen LogP contribution in [0.2, 0.25) is 0 Å². The van der Waals surface area contributed by atoms with Crippen LogP contribution in [0.5, 0.6) is 0 Å². The Morgan fingerprint density at radius 3 is 2.52 bits per heavy atom. The molecule has 0 unspecified atom stereocenters. The number of esters is 1. The van der Waals surface area contributed by atoms with E-state index in [2.05, 4.69) is 10.3 Å². The number of hydrogen-bond acceptors (Lipinski definition) is 5. The lowest BCUT2D eigenvalue weighted by atomic mass is 10.1. The van der Waals surface area contributed by atoms with Gasteiger partial charge in [-0.2, -0.15) is 0 Å². The smallest absolute Gasteiger partial charge is 0.326 e. The maximum atomic E-state index is 12.4. The molecular weight excluding hydrogens is 346 g/mol. The van der Waals surface area contributed by atoms with E-state index < -0.39 is 18.5 Å². The van der Waals surface area contributed by atoms with Crippen LogP contribution in [0.4, 0.5) is 5.69 Å². The van der Waals surface area contributed by atoms with Gasteiger partial charge in [-0.1, -0.05) is 30.3 Å². The Kier molecular flexibility index (Phi) is 5.30. The molecule has 0 saturated carbocycles. The number of hydrogen-bond donors (Lipinski definition) is 1. The number of carbonyl (C=O) groups is 2. The van der Waals surface area contributed by atoms with Crippen LogP contribution in [0.25, 0.3) is 10.9 Å². The zero-order valence-corrected chi connectivity index (χ0v) is 15.1. The Morgan fingerprint density at radius 2 is 1.78 bits per heavy atom. The lowest BCUT2D eigenvalue weighted by Gasteiger charge is -2.12. The lowest BCUT2D eigenvalue weighted by molar-refractivity contribution is -0.147. The molecule has 0 aliphatic heterocycles. The van der Waals surface area contributed by atoms with Crippen molar-refractivity contribution in [2.45, 2.75) is 20.4 Å². The third-order valence-corrected chi connectivity index (χ3v) is 4.14. The van der Waals surface area contributed by atoms with Crippen LogP contribution in [-0.4, -0.2) is 28.0 Å². The third kappa shape index (κ3) is 4.20. The monoisotopic (exact) mass is 365 g/mol. The largest absolute Gasteiger partial charge is 0.454 e. The fraction of sp³-hybridized carbons (Fsp3) is 0.200. The van der Waals surface area contributed by atoms with Gasteiger partial charge in [0.2, 0.25) is 0 Å². The highest BCUT2D eigenvalue weighted by molar-refractivity contribution is 5.94. The highest BCUT2D eigenvalue weighted by Gasteiger charge is 2.12. The topological polar surface area (TPSA) is 90.3 Å². The zero-order valence-electron chi connectivity index (χ0n) is 15.1. The van der Waals surface area contributed by atoms with Gasteiger partial charge < -0.3 is 10.1 Å². The Balaban J connectivity index is 1.61. The van der Waals surface area contributed by atoms with E-state index >= 15 is 0 Å². The second kappa shape index (κ2) is 7.82. The molecule has 7 heteroatoms. The van der Waals surface area contributed by atoms with E-state index in [9.17, 15) is 14.4 Å². The second-order valence-electron chi connectivity index (χ2n) is 6.17. The summed E-state index contributed by atoms with van der Waals surface area (Å²) in [5.41, 5.74) is 2.76. The van der Waals surface area contributed by atoms with Crippen LogP contribution < -0.4 is 10.9 Å². The molecule has 0 radical (unpaired) electrons. The summed E-state index contributed by atoms with van der Waals surface area (Å²) >= 11 is 0. The molecule has 0 fully saturated rings. The van der Waals surface area contributed by atoms with Gasteiger partial charge in [-0.25, -0.2) is 4.98 Å². The number of fused-ring (bicyclic) bond motifs is 1. The molecule has 3 rings (SSSR count). The maximum Gasteiger partial charge on any atom is 0.326 e. The summed E-state index contributed by atoms with van der Waals surface area (Å²) in [6.07, 6.45) is 1.29. The van der Waals surface area contributed by atoms with Crippen LogP contribution in [-0.2, 0) is 20.9 Å². The molecule has 1 N–H and O–H groups in total. The number of anilines is 1. The minimum Gasteiger partial charge on any atom is -0.454 e. The van der Waals surface area contributed by atoms with Crippen molar-refractivity contribution in [1.82, 2.24) is 9.55 Å². The van der Waals surface area contributed by atoms with Crippen LogP contribution in [0.15, 0.2) is 53.6 Å². The van der Waals surface area contributed by atoms with E-state index in [-0.39, 0.29) is 12.1 Å². The highest BCUT2D eigenvalue weighted by atomic mass is 16.5. The fourth-order valence-electron chi connectivity index (χ4n) is 2.74. The van der Waals surface area contributed by atoms with E-state index in [4.69, 9.17) is 4.74 Å². The number of nitrogens with zero attached hydrogens (tertiary/aromatic N) is 2. The summed E-state index contributed by atoms with van der Waals surface area (Å²) in [4.78, 5) is 40.5. The van der Waals surface area contributed by atoms with E-state index in [0.29, 0.717) is 16.6 Å². The number of para-hydroxylation sites is 2. The summed E-state index contributed by atoms with van der Waals surface area (Å²) in [5.74, 6) is -1.13. The number of carbonyl (C=O) groups excluding carboxylic acids is 2. The second-order valence-corrected chi connectivity index (χ2v) is 6.17. The van der Waals surface area contributed by atoms with Crippen LogP contribution >= 0.6 is 0 Å². The molecule has 27 heavy (non-hydrogen) atoms. The summed E-state index contributed by atoms with van der Waals surface area (Å²) in [7, 11) is 0. The average Bonchev–Trinajstić information content (AvgIpc) is 2.66. The van der Waals surface area contributed by atoms with Gasteiger partial charge in [-0.15, -0.1) is 0 Å². The van der Waals surface area contributed by atoms with Crippen LogP contribution in [0.1, 0.15) is 11.1 Å². The molecule has 7 nitrogen and oxygen atoms in total. The molecule has 1 amide bonds. The summed E-state index contributed by atoms with van der Waals surface area (Å²) in [5, 5.41) is 3.15. The predicted molar refractivity (Wildman–Crippen MR) is 102 cm³/mol. The van der Waals surface area contributed by atoms with E-state index in [1.54, 1.807) is 24.3 Å². The molecule has 0 aliphatic rings. The maximum absolute atomic E-state index is 12.4. The van der Waals surface area contributed by atoms with Crippen molar-refractivity contribution >= 4 is 28.5 Å².